The predicted octanol–water partition coefficient (Wildman–Crippen LogP) is 3.32. The van der Waals surface area contributed by atoms with Gasteiger partial charge in [-0.1, -0.05) is 18.2 Å². The molecule has 1 amide bonds. The summed E-state index contributed by atoms with van der Waals surface area (Å²) in [5.74, 6) is 1.25. The maximum absolute atomic E-state index is 13.9. The number of nitrogens with one attached hydrogen (secondary N) is 2. The summed E-state index contributed by atoms with van der Waals surface area (Å²) in [5, 5.41) is 6.72. The van der Waals surface area contributed by atoms with E-state index in [1.807, 2.05) is 12.1 Å². The zero-order valence-electron chi connectivity index (χ0n) is 17.3. The number of hydrogen-bond donors (Lipinski definition) is 2. The molecule has 2 heterocycles. The van der Waals surface area contributed by atoms with Gasteiger partial charge in [-0.3, -0.25) is 0 Å². The predicted molar refractivity (Wildman–Crippen MR) is 113 cm³/mol. The quantitative estimate of drug-likeness (QED) is 0.535. The topological polar surface area (TPSA) is 79.1 Å². The summed E-state index contributed by atoms with van der Waals surface area (Å²) in [5.41, 5.74) is 0.543. The van der Waals surface area contributed by atoms with Crippen molar-refractivity contribution in [3.8, 4) is 0 Å². The lowest BCUT2D eigenvalue weighted by molar-refractivity contribution is 0.0963. The van der Waals surface area contributed by atoms with Gasteiger partial charge in [0.2, 0.25) is 0 Å². The van der Waals surface area contributed by atoms with Crippen molar-refractivity contribution in [2.45, 2.75) is 38.8 Å². The number of aliphatic imine (C=N–C) groups is 1. The van der Waals surface area contributed by atoms with Crippen molar-refractivity contribution < 1.29 is 18.3 Å². The Bertz CT molecular complexity index is 818. The average Bonchev–Trinajstić information content (AvgIpc) is 3.27. The number of furan rings is 1. The van der Waals surface area contributed by atoms with Crippen LogP contribution in [0.15, 0.2) is 52.1 Å². The van der Waals surface area contributed by atoms with Gasteiger partial charge in [-0.05, 0) is 38.0 Å². The SMILES string of the molecule is CCOC(=O)N1CCC(NC(=NCc2ccccc2F)NCCc2ccco2)CC1. The molecular weight excluding hydrogens is 387 g/mol. The second kappa shape index (κ2) is 11.2. The van der Waals surface area contributed by atoms with E-state index in [-0.39, 0.29) is 24.5 Å². The zero-order chi connectivity index (χ0) is 21.2. The Morgan fingerprint density at radius 1 is 1.27 bits per heavy atom. The van der Waals surface area contributed by atoms with Crippen LogP contribution in [-0.2, 0) is 17.7 Å². The van der Waals surface area contributed by atoms with Crippen LogP contribution < -0.4 is 10.6 Å². The molecule has 2 aromatic rings. The molecule has 1 aliphatic rings. The lowest BCUT2D eigenvalue weighted by atomic mass is 10.1. The molecule has 0 aliphatic carbocycles. The van der Waals surface area contributed by atoms with E-state index in [1.165, 1.54) is 6.07 Å². The molecule has 0 atom stereocenters. The van der Waals surface area contributed by atoms with Gasteiger partial charge in [0.15, 0.2) is 5.96 Å². The lowest BCUT2D eigenvalue weighted by Gasteiger charge is -2.32. The van der Waals surface area contributed by atoms with Crippen LogP contribution in [0.5, 0.6) is 0 Å². The summed E-state index contributed by atoms with van der Waals surface area (Å²) < 4.78 is 24.4. The van der Waals surface area contributed by atoms with Crippen molar-refractivity contribution >= 4 is 12.1 Å². The highest BCUT2D eigenvalue weighted by atomic mass is 19.1. The number of hydrogen-bond acceptors (Lipinski definition) is 4. The molecule has 1 aromatic heterocycles. The summed E-state index contributed by atoms with van der Waals surface area (Å²) in [6, 6.07) is 10.6. The first-order chi connectivity index (χ1) is 14.7. The Balaban J connectivity index is 1.57. The van der Waals surface area contributed by atoms with E-state index in [2.05, 4.69) is 15.6 Å². The Morgan fingerprint density at radius 3 is 2.77 bits per heavy atom. The standard InChI is InChI=1S/C22H29FN4O3/c1-2-29-22(28)27-13-10-18(11-14-27)26-21(24-12-9-19-7-5-15-30-19)25-16-17-6-3-4-8-20(17)23/h3-8,15,18H,2,9-14,16H2,1H3,(H2,24,25,26). The van der Waals surface area contributed by atoms with Crippen LogP contribution in [0.25, 0.3) is 0 Å². The maximum atomic E-state index is 13.9. The van der Waals surface area contributed by atoms with Gasteiger partial charge in [-0.2, -0.15) is 0 Å². The van der Waals surface area contributed by atoms with Crippen LogP contribution in [0.1, 0.15) is 31.1 Å². The molecule has 8 heteroatoms. The molecule has 1 saturated heterocycles. The minimum absolute atomic E-state index is 0.172. The normalized spacial score (nSPS) is 15.1. The van der Waals surface area contributed by atoms with E-state index in [4.69, 9.17) is 9.15 Å². The van der Waals surface area contributed by atoms with E-state index in [1.54, 1.807) is 36.3 Å². The number of ether oxygens (including phenoxy) is 1. The van der Waals surface area contributed by atoms with Crippen LogP contribution in [0.3, 0.4) is 0 Å². The number of halogens is 1. The van der Waals surface area contributed by atoms with Crippen LogP contribution in [0.4, 0.5) is 9.18 Å². The highest BCUT2D eigenvalue weighted by molar-refractivity contribution is 5.80. The molecule has 0 spiro atoms. The number of likely N-dealkylation sites (tertiary alicyclic amines) is 1. The Hall–Kier alpha value is -3.03. The Labute approximate surface area is 176 Å². The third kappa shape index (κ3) is 6.50. The number of carbonyl (C=O) groups excluding carboxylic acids is 1. The molecule has 3 rings (SSSR count). The van der Waals surface area contributed by atoms with Crippen molar-refractivity contribution in [3.63, 3.8) is 0 Å². The number of benzene rings is 1. The van der Waals surface area contributed by atoms with Crippen LogP contribution >= 0.6 is 0 Å². The molecule has 1 aromatic carbocycles. The fourth-order valence-electron chi connectivity index (χ4n) is 3.32. The molecule has 7 nitrogen and oxygen atoms in total. The third-order valence-electron chi connectivity index (χ3n) is 4.97. The molecule has 30 heavy (non-hydrogen) atoms. The molecule has 1 fully saturated rings. The van der Waals surface area contributed by atoms with Crippen LogP contribution in [-0.4, -0.2) is 49.2 Å². The maximum Gasteiger partial charge on any atom is 0.409 e. The number of nitrogens with zero attached hydrogens (tertiary/aromatic N) is 2. The minimum atomic E-state index is -0.265. The van der Waals surface area contributed by atoms with Gasteiger partial charge in [0.25, 0.3) is 0 Å². The summed E-state index contributed by atoms with van der Waals surface area (Å²) in [6.07, 6.45) is 3.68. The minimum Gasteiger partial charge on any atom is -0.469 e. The van der Waals surface area contributed by atoms with Gasteiger partial charge in [-0.25, -0.2) is 14.2 Å². The second-order valence-corrected chi connectivity index (χ2v) is 7.12. The average molecular weight is 416 g/mol. The summed E-state index contributed by atoms with van der Waals surface area (Å²) in [4.78, 5) is 18.2. The van der Waals surface area contributed by atoms with E-state index < -0.39 is 0 Å². The Morgan fingerprint density at radius 2 is 2.07 bits per heavy atom. The van der Waals surface area contributed by atoms with Crippen molar-refractivity contribution in [1.29, 1.82) is 0 Å². The summed E-state index contributed by atoms with van der Waals surface area (Å²) in [6.45, 7) is 4.32. The number of amides is 1. The van der Waals surface area contributed by atoms with Crippen molar-refractivity contribution in [3.05, 3.63) is 59.8 Å². The Kier molecular flexibility index (Phi) is 8.11. The molecule has 0 saturated carbocycles. The van der Waals surface area contributed by atoms with Gasteiger partial charge in [-0.15, -0.1) is 0 Å². The van der Waals surface area contributed by atoms with Crippen LogP contribution in [0.2, 0.25) is 0 Å². The smallest absolute Gasteiger partial charge is 0.409 e. The van der Waals surface area contributed by atoms with Gasteiger partial charge in [0, 0.05) is 37.7 Å². The molecule has 0 bridgehead atoms. The van der Waals surface area contributed by atoms with Crippen molar-refractivity contribution in [1.82, 2.24) is 15.5 Å². The van der Waals surface area contributed by atoms with Gasteiger partial charge in [0.1, 0.15) is 11.6 Å². The first-order valence-corrected chi connectivity index (χ1v) is 10.4. The second-order valence-electron chi connectivity index (χ2n) is 7.12. The summed E-state index contributed by atoms with van der Waals surface area (Å²) >= 11 is 0. The van der Waals surface area contributed by atoms with Gasteiger partial charge < -0.3 is 24.7 Å². The van der Waals surface area contributed by atoms with E-state index in [0.717, 1.165) is 18.6 Å². The fraction of sp³-hybridized carbons (Fsp3) is 0.455. The molecule has 2 N–H and O–H groups in total. The highest BCUT2D eigenvalue weighted by Crippen LogP contribution is 2.12. The van der Waals surface area contributed by atoms with E-state index in [0.29, 0.717) is 44.2 Å². The third-order valence-corrected chi connectivity index (χ3v) is 4.97. The van der Waals surface area contributed by atoms with Crippen molar-refractivity contribution in [2.24, 2.45) is 4.99 Å². The molecule has 0 unspecified atom stereocenters. The summed E-state index contributed by atoms with van der Waals surface area (Å²) in [7, 11) is 0. The first kappa shape index (κ1) is 21.7. The number of piperidine rings is 1. The van der Waals surface area contributed by atoms with E-state index in [9.17, 15) is 9.18 Å². The van der Waals surface area contributed by atoms with E-state index >= 15 is 0 Å². The molecule has 162 valence electrons. The highest BCUT2D eigenvalue weighted by Gasteiger charge is 2.24. The fourth-order valence-corrected chi connectivity index (χ4v) is 3.32. The number of rotatable bonds is 7. The van der Waals surface area contributed by atoms with Crippen molar-refractivity contribution in [2.75, 3.05) is 26.2 Å². The monoisotopic (exact) mass is 416 g/mol. The largest absolute Gasteiger partial charge is 0.469 e. The first-order valence-electron chi connectivity index (χ1n) is 10.4. The lowest BCUT2D eigenvalue weighted by Crippen LogP contribution is -2.50. The molecule has 0 radical (unpaired) electrons. The van der Waals surface area contributed by atoms with Crippen LogP contribution in [0, 0.1) is 5.82 Å². The molecular formula is C22H29FN4O3. The number of guanidine groups is 1. The van der Waals surface area contributed by atoms with Gasteiger partial charge in [0.05, 0.1) is 19.4 Å². The zero-order valence-corrected chi connectivity index (χ0v) is 17.3. The molecule has 1 aliphatic heterocycles. The number of carbonyl (C=O) groups is 1. The van der Waals surface area contributed by atoms with Gasteiger partial charge >= 0.3 is 6.09 Å².